The number of aromatic nitrogens is 1. The van der Waals surface area contributed by atoms with E-state index in [4.69, 9.17) is 14.4 Å². The summed E-state index contributed by atoms with van der Waals surface area (Å²) in [6.07, 6.45) is 8.23. The molecule has 33 heavy (non-hydrogen) atoms. The van der Waals surface area contributed by atoms with Gasteiger partial charge in [-0.2, -0.15) is 5.26 Å². The highest BCUT2D eigenvalue weighted by Crippen LogP contribution is 2.24. The minimum Gasteiger partial charge on any atom is -0.494 e. The highest BCUT2D eigenvalue weighted by Gasteiger charge is 2.11. The van der Waals surface area contributed by atoms with Gasteiger partial charge in [-0.25, -0.2) is 4.79 Å². The molecule has 170 valence electrons. The van der Waals surface area contributed by atoms with E-state index < -0.39 is 5.63 Å². The molecule has 6 nitrogen and oxygen atoms in total. The summed E-state index contributed by atoms with van der Waals surface area (Å²) in [4.78, 5) is 27.9. The Labute approximate surface area is 197 Å². The van der Waals surface area contributed by atoms with Gasteiger partial charge in [0.2, 0.25) is 5.12 Å². The van der Waals surface area contributed by atoms with Crippen molar-refractivity contribution in [1.82, 2.24) is 4.98 Å². The third kappa shape index (κ3) is 6.80. The normalized spacial score (nSPS) is 10.7. The third-order valence-electron chi connectivity index (χ3n) is 5.06. The number of carbonyl (C=O) groups is 1. The van der Waals surface area contributed by atoms with Crippen LogP contribution in [0.4, 0.5) is 0 Å². The van der Waals surface area contributed by atoms with E-state index in [1.165, 1.54) is 18.0 Å². The second kappa shape index (κ2) is 12.0. The average molecular weight is 463 g/mol. The number of nitrogens with zero attached hydrogens (tertiary/aromatic N) is 2. The maximum absolute atomic E-state index is 12.4. The molecule has 0 radical (unpaired) electrons. The van der Waals surface area contributed by atoms with Crippen LogP contribution in [0.5, 0.6) is 5.75 Å². The lowest BCUT2D eigenvalue weighted by molar-refractivity contribution is -0.107. The number of unbranched alkanes of at least 4 members (excludes halogenated alkanes) is 4. The Morgan fingerprint density at radius 3 is 2.61 bits per heavy atom. The molecule has 0 atom stereocenters. The molecule has 0 amide bonds. The molecule has 3 rings (SSSR count). The lowest BCUT2D eigenvalue weighted by Gasteiger charge is -2.08. The lowest BCUT2D eigenvalue weighted by atomic mass is 10.1. The standard InChI is InChI=1S/C26H26N2O4S/c1-18(2)26(30)33-13-7-5-3-4-6-12-31-22-10-8-19(9-11-22)23-14-20-16-28-17-21(15-27)24(20)32-25(23)29/h8-11,14,16-17H,1,3-7,12-13H2,2H3. The summed E-state index contributed by atoms with van der Waals surface area (Å²) in [7, 11) is 0. The van der Waals surface area contributed by atoms with Crippen molar-refractivity contribution in [3.63, 3.8) is 0 Å². The molecule has 1 aromatic carbocycles. The number of pyridine rings is 1. The molecule has 0 saturated carbocycles. The average Bonchev–Trinajstić information content (AvgIpc) is 2.82. The van der Waals surface area contributed by atoms with Gasteiger partial charge in [0, 0.05) is 23.5 Å². The number of fused-ring (bicyclic) bond motifs is 1. The van der Waals surface area contributed by atoms with E-state index >= 15 is 0 Å². The number of nitriles is 1. The van der Waals surface area contributed by atoms with E-state index in [0.717, 1.165) is 43.6 Å². The molecule has 2 aromatic heterocycles. The van der Waals surface area contributed by atoms with Crippen molar-refractivity contribution >= 4 is 27.8 Å². The summed E-state index contributed by atoms with van der Waals surface area (Å²) in [5.41, 5.74) is 1.72. The van der Waals surface area contributed by atoms with Crippen molar-refractivity contribution in [2.45, 2.75) is 39.0 Å². The Hall–Kier alpha value is -3.37. The van der Waals surface area contributed by atoms with E-state index in [2.05, 4.69) is 11.6 Å². The minimum atomic E-state index is -0.499. The maximum atomic E-state index is 12.4. The predicted molar refractivity (Wildman–Crippen MR) is 131 cm³/mol. The van der Waals surface area contributed by atoms with Gasteiger partial charge in [-0.05, 0) is 49.1 Å². The Bertz CT molecular complexity index is 1230. The molecule has 0 spiro atoms. The smallest absolute Gasteiger partial charge is 0.344 e. The van der Waals surface area contributed by atoms with Crippen LogP contribution in [-0.4, -0.2) is 22.5 Å². The Morgan fingerprint density at radius 2 is 1.88 bits per heavy atom. The zero-order valence-electron chi connectivity index (χ0n) is 18.6. The zero-order valence-corrected chi connectivity index (χ0v) is 19.5. The first-order valence-corrected chi connectivity index (χ1v) is 11.9. The van der Waals surface area contributed by atoms with Crippen molar-refractivity contribution in [1.29, 1.82) is 5.26 Å². The molecule has 2 heterocycles. The van der Waals surface area contributed by atoms with Crippen LogP contribution in [-0.2, 0) is 4.79 Å². The van der Waals surface area contributed by atoms with Crippen LogP contribution in [0.2, 0.25) is 0 Å². The maximum Gasteiger partial charge on any atom is 0.344 e. The summed E-state index contributed by atoms with van der Waals surface area (Å²) in [5, 5.41) is 9.84. The van der Waals surface area contributed by atoms with E-state index in [0.29, 0.717) is 28.7 Å². The molecule has 7 heteroatoms. The monoisotopic (exact) mass is 462 g/mol. The Balaban J connectivity index is 1.44. The summed E-state index contributed by atoms with van der Waals surface area (Å²) in [5.74, 6) is 1.59. The van der Waals surface area contributed by atoms with Crippen LogP contribution >= 0.6 is 11.8 Å². The largest absolute Gasteiger partial charge is 0.494 e. The van der Waals surface area contributed by atoms with Gasteiger partial charge >= 0.3 is 5.63 Å². The second-order valence-corrected chi connectivity index (χ2v) is 8.79. The lowest BCUT2D eigenvalue weighted by Crippen LogP contribution is -2.04. The van der Waals surface area contributed by atoms with E-state index in [1.54, 1.807) is 19.2 Å². The van der Waals surface area contributed by atoms with Gasteiger partial charge in [-0.1, -0.05) is 49.7 Å². The zero-order chi connectivity index (χ0) is 23.6. The van der Waals surface area contributed by atoms with Crippen molar-refractivity contribution in [3.8, 4) is 22.9 Å². The summed E-state index contributed by atoms with van der Waals surface area (Å²) in [6, 6.07) is 11.0. The molecular weight excluding hydrogens is 436 g/mol. The van der Waals surface area contributed by atoms with Crippen LogP contribution in [0.1, 0.15) is 44.6 Å². The van der Waals surface area contributed by atoms with Crippen molar-refractivity contribution in [2.75, 3.05) is 12.4 Å². The molecule has 3 aromatic rings. The number of benzene rings is 1. The number of ether oxygens (including phenoxy) is 1. The topological polar surface area (TPSA) is 93.2 Å². The van der Waals surface area contributed by atoms with Gasteiger partial charge in [0.05, 0.1) is 12.2 Å². The molecule has 0 aliphatic heterocycles. The van der Waals surface area contributed by atoms with Crippen LogP contribution < -0.4 is 10.4 Å². The van der Waals surface area contributed by atoms with Crippen molar-refractivity contribution in [2.24, 2.45) is 0 Å². The molecular formula is C26H26N2O4S. The molecule has 0 saturated heterocycles. The van der Waals surface area contributed by atoms with Gasteiger partial charge in [-0.15, -0.1) is 0 Å². The predicted octanol–water partition coefficient (Wildman–Crippen LogP) is 5.89. The van der Waals surface area contributed by atoms with Crippen LogP contribution in [0.15, 0.2) is 64.1 Å². The summed E-state index contributed by atoms with van der Waals surface area (Å²) >= 11 is 1.35. The van der Waals surface area contributed by atoms with Crippen molar-refractivity contribution < 1.29 is 13.9 Å². The fourth-order valence-corrected chi connectivity index (χ4v) is 4.05. The van der Waals surface area contributed by atoms with E-state index in [9.17, 15) is 9.59 Å². The summed E-state index contributed by atoms with van der Waals surface area (Å²) < 4.78 is 11.2. The molecule has 0 aliphatic carbocycles. The fourth-order valence-electron chi connectivity index (χ4n) is 3.27. The first-order valence-electron chi connectivity index (χ1n) is 10.9. The first-order chi connectivity index (χ1) is 16.0. The molecule has 0 bridgehead atoms. The number of hydrogen-bond donors (Lipinski definition) is 0. The Morgan fingerprint density at radius 1 is 1.15 bits per heavy atom. The van der Waals surface area contributed by atoms with Crippen LogP contribution in [0.25, 0.3) is 22.1 Å². The molecule has 0 N–H and O–H groups in total. The fraction of sp³-hybridized carbons (Fsp3) is 0.308. The quantitative estimate of drug-likeness (QED) is 0.259. The highest BCUT2D eigenvalue weighted by atomic mass is 32.2. The van der Waals surface area contributed by atoms with Gasteiger partial charge in [0.15, 0.2) is 5.58 Å². The van der Waals surface area contributed by atoms with Gasteiger partial charge in [0.1, 0.15) is 17.4 Å². The Kier molecular flexibility index (Phi) is 8.85. The van der Waals surface area contributed by atoms with Gasteiger partial charge < -0.3 is 9.15 Å². The number of thioether (sulfide) groups is 1. The number of rotatable bonds is 11. The molecule has 0 aliphatic rings. The first kappa shape index (κ1) is 24.3. The van der Waals surface area contributed by atoms with Crippen LogP contribution in [0, 0.1) is 11.3 Å². The van der Waals surface area contributed by atoms with Crippen molar-refractivity contribution in [3.05, 3.63) is 70.9 Å². The van der Waals surface area contributed by atoms with E-state index in [-0.39, 0.29) is 16.3 Å². The molecule has 0 fully saturated rings. The van der Waals surface area contributed by atoms with Gasteiger partial charge in [-0.3, -0.25) is 9.78 Å². The van der Waals surface area contributed by atoms with Gasteiger partial charge in [0.25, 0.3) is 0 Å². The van der Waals surface area contributed by atoms with Crippen LogP contribution in [0.3, 0.4) is 0 Å². The number of hydrogen-bond acceptors (Lipinski definition) is 7. The third-order valence-corrected chi connectivity index (χ3v) is 6.17. The summed E-state index contributed by atoms with van der Waals surface area (Å²) in [6.45, 7) is 6.03. The second-order valence-electron chi connectivity index (χ2n) is 7.72. The number of carbonyl (C=O) groups excluding carboxylic acids is 1. The molecule has 0 unspecified atom stereocenters. The van der Waals surface area contributed by atoms with E-state index in [1.807, 2.05) is 30.3 Å². The highest BCUT2D eigenvalue weighted by molar-refractivity contribution is 8.14. The SMILES string of the molecule is C=C(C)C(=O)SCCCCCCCOc1ccc(-c2cc3cncc(C#N)c3oc2=O)cc1. The minimum absolute atomic E-state index is 0.0843.